The molecule has 0 bridgehead atoms. The molecule has 2 N–H and O–H groups in total. The minimum Gasteiger partial charge on any atom is -0.398 e. The molecular weight excluding hydrogens is 361 g/mol. The Morgan fingerprint density at radius 2 is 2.07 bits per heavy atom. The molecule has 0 unspecified atom stereocenters. The number of hydrogen-bond donors (Lipinski definition) is 1. The zero-order valence-electron chi connectivity index (χ0n) is 14.9. The van der Waals surface area contributed by atoms with Crippen LogP contribution in [-0.2, 0) is 13.1 Å². The van der Waals surface area contributed by atoms with Gasteiger partial charge in [0.25, 0.3) is 0 Å². The summed E-state index contributed by atoms with van der Waals surface area (Å²) in [6.45, 7) is 3.39. The second-order valence-corrected chi connectivity index (χ2v) is 7.12. The molecule has 0 aliphatic carbocycles. The number of nitrogen functional groups attached to an aromatic ring is 1. The van der Waals surface area contributed by atoms with Crippen LogP contribution >= 0.6 is 11.6 Å². The summed E-state index contributed by atoms with van der Waals surface area (Å²) < 4.78 is 13.5. The summed E-state index contributed by atoms with van der Waals surface area (Å²) in [5.41, 5.74) is 12.8. The SMILES string of the molecule is Cc1ccnc(CN2C=Cc3c(N)cccc3C2)c1-c1ccc(F)cc1Cl. The van der Waals surface area contributed by atoms with Crippen LogP contribution in [0.5, 0.6) is 0 Å². The Morgan fingerprint density at radius 3 is 2.89 bits per heavy atom. The molecule has 0 amide bonds. The van der Waals surface area contributed by atoms with E-state index in [0.717, 1.165) is 40.2 Å². The fourth-order valence-corrected chi connectivity index (χ4v) is 3.78. The average molecular weight is 380 g/mol. The monoisotopic (exact) mass is 379 g/mol. The van der Waals surface area contributed by atoms with Crippen molar-refractivity contribution < 1.29 is 4.39 Å². The molecule has 0 saturated carbocycles. The topological polar surface area (TPSA) is 42.2 Å². The number of rotatable bonds is 3. The smallest absolute Gasteiger partial charge is 0.124 e. The van der Waals surface area contributed by atoms with Crippen molar-refractivity contribution in [1.82, 2.24) is 9.88 Å². The Balaban J connectivity index is 1.69. The maximum absolute atomic E-state index is 13.5. The normalized spacial score (nSPS) is 12.9. The lowest BCUT2D eigenvalue weighted by Crippen LogP contribution is -2.21. The molecule has 27 heavy (non-hydrogen) atoms. The summed E-state index contributed by atoms with van der Waals surface area (Å²) in [5.74, 6) is -0.347. The maximum Gasteiger partial charge on any atom is 0.124 e. The lowest BCUT2D eigenvalue weighted by atomic mass is 9.97. The van der Waals surface area contributed by atoms with E-state index in [0.29, 0.717) is 11.6 Å². The number of anilines is 1. The highest BCUT2D eigenvalue weighted by Gasteiger charge is 2.18. The minimum absolute atomic E-state index is 0.347. The van der Waals surface area contributed by atoms with Crippen molar-refractivity contribution >= 4 is 23.4 Å². The average Bonchev–Trinajstić information content (AvgIpc) is 2.63. The highest BCUT2D eigenvalue weighted by molar-refractivity contribution is 6.33. The highest BCUT2D eigenvalue weighted by atomic mass is 35.5. The van der Waals surface area contributed by atoms with E-state index in [-0.39, 0.29) is 5.82 Å². The van der Waals surface area contributed by atoms with Crippen LogP contribution in [0.2, 0.25) is 5.02 Å². The molecule has 5 heteroatoms. The van der Waals surface area contributed by atoms with E-state index in [9.17, 15) is 4.39 Å². The number of halogens is 2. The predicted octanol–water partition coefficient (Wildman–Crippen LogP) is 5.42. The van der Waals surface area contributed by atoms with Crippen molar-refractivity contribution in [3.63, 3.8) is 0 Å². The van der Waals surface area contributed by atoms with Gasteiger partial charge in [0.2, 0.25) is 0 Å². The van der Waals surface area contributed by atoms with Crippen molar-refractivity contribution in [2.75, 3.05) is 5.73 Å². The van der Waals surface area contributed by atoms with Gasteiger partial charge in [-0.1, -0.05) is 23.7 Å². The van der Waals surface area contributed by atoms with Gasteiger partial charge in [-0.15, -0.1) is 0 Å². The van der Waals surface area contributed by atoms with E-state index < -0.39 is 0 Å². The first-order valence-electron chi connectivity index (χ1n) is 8.72. The van der Waals surface area contributed by atoms with Gasteiger partial charge >= 0.3 is 0 Å². The maximum atomic E-state index is 13.5. The van der Waals surface area contributed by atoms with Crippen molar-refractivity contribution in [3.05, 3.63) is 88.1 Å². The molecule has 1 aromatic heterocycles. The third kappa shape index (κ3) is 3.40. The van der Waals surface area contributed by atoms with E-state index in [4.69, 9.17) is 17.3 Å². The van der Waals surface area contributed by atoms with Gasteiger partial charge in [0.15, 0.2) is 0 Å². The molecule has 4 rings (SSSR count). The van der Waals surface area contributed by atoms with Gasteiger partial charge in [-0.2, -0.15) is 0 Å². The standard InChI is InChI=1S/C22H19ClFN3/c1-14-7-9-26-21(22(14)18-6-5-16(24)11-19(18)23)13-27-10-8-17-15(12-27)3-2-4-20(17)25/h2-11H,12-13,25H2,1H3. The molecule has 2 aromatic carbocycles. The van der Waals surface area contributed by atoms with Crippen LogP contribution < -0.4 is 5.73 Å². The van der Waals surface area contributed by atoms with E-state index >= 15 is 0 Å². The molecule has 3 aromatic rings. The van der Waals surface area contributed by atoms with Crippen molar-refractivity contribution in [2.24, 2.45) is 0 Å². The zero-order chi connectivity index (χ0) is 19.0. The predicted molar refractivity (Wildman–Crippen MR) is 109 cm³/mol. The van der Waals surface area contributed by atoms with Gasteiger partial charge in [0.1, 0.15) is 5.82 Å². The molecule has 0 fully saturated rings. The molecule has 136 valence electrons. The van der Waals surface area contributed by atoms with E-state index in [1.807, 2.05) is 37.4 Å². The van der Waals surface area contributed by atoms with Crippen LogP contribution in [-0.4, -0.2) is 9.88 Å². The third-order valence-electron chi connectivity index (χ3n) is 4.85. The second kappa shape index (κ2) is 7.05. The van der Waals surface area contributed by atoms with Crippen LogP contribution in [0.15, 0.2) is 54.9 Å². The van der Waals surface area contributed by atoms with Crippen molar-refractivity contribution in [3.8, 4) is 11.1 Å². The quantitative estimate of drug-likeness (QED) is 0.618. The molecule has 0 atom stereocenters. The number of pyridine rings is 1. The van der Waals surface area contributed by atoms with Gasteiger partial charge in [-0.25, -0.2) is 4.39 Å². The van der Waals surface area contributed by atoms with Crippen molar-refractivity contribution in [2.45, 2.75) is 20.0 Å². The summed E-state index contributed by atoms with van der Waals surface area (Å²) >= 11 is 6.33. The number of nitrogens with zero attached hydrogens (tertiary/aromatic N) is 2. The Bertz CT molecular complexity index is 1050. The number of aryl methyl sites for hydroxylation is 1. The molecule has 1 aliphatic rings. The number of nitrogens with two attached hydrogens (primary N) is 1. The van der Waals surface area contributed by atoms with Crippen LogP contribution in [0.4, 0.5) is 10.1 Å². The lowest BCUT2D eigenvalue weighted by molar-refractivity contribution is 0.355. The lowest BCUT2D eigenvalue weighted by Gasteiger charge is -2.27. The van der Waals surface area contributed by atoms with Crippen LogP contribution in [0, 0.1) is 12.7 Å². The summed E-state index contributed by atoms with van der Waals surface area (Å²) in [4.78, 5) is 6.78. The Kier molecular flexibility index (Phi) is 4.58. The molecule has 3 nitrogen and oxygen atoms in total. The summed E-state index contributed by atoms with van der Waals surface area (Å²) in [5, 5.41) is 0.389. The molecule has 0 saturated heterocycles. The third-order valence-corrected chi connectivity index (χ3v) is 5.16. The number of hydrogen-bond acceptors (Lipinski definition) is 3. The second-order valence-electron chi connectivity index (χ2n) is 6.71. The molecule has 0 radical (unpaired) electrons. The summed E-state index contributed by atoms with van der Waals surface area (Å²) in [6, 6.07) is 12.4. The first kappa shape index (κ1) is 17.6. The summed E-state index contributed by atoms with van der Waals surface area (Å²) in [7, 11) is 0. The first-order valence-corrected chi connectivity index (χ1v) is 9.10. The molecular formula is C22H19ClFN3. The Morgan fingerprint density at radius 1 is 1.22 bits per heavy atom. The van der Waals surface area contributed by atoms with Gasteiger partial charge in [-0.05, 0) is 54.5 Å². The molecule has 1 aliphatic heterocycles. The van der Waals surface area contributed by atoms with E-state index in [1.165, 1.54) is 17.7 Å². The van der Waals surface area contributed by atoms with Crippen molar-refractivity contribution in [1.29, 1.82) is 0 Å². The largest absolute Gasteiger partial charge is 0.398 e. The highest BCUT2D eigenvalue weighted by Crippen LogP contribution is 2.34. The van der Waals surface area contributed by atoms with E-state index in [2.05, 4.69) is 16.0 Å². The van der Waals surface area contributed by atoms with Crippen LogP contribution in [0.1, 0.15) is 22.4 Å². The van der Waals surface area contributed by atoms with Crippen LogP contribution in [0.25, 0.3) is 17.2 Å². The van der Waals surface area contributed by atoms with Gasteiger partial charge < -0.3 is 10.6 Å². The molecule has 2 heterocycles. The summed E-state index contributed by atoms with van der Waals surface area (Å²) in [6.07, 6.45) is 5.87. The van der Waals surface area contributed by atoms with Gasteiger partial charge in [-0.3, -0.25) is 4.98 Å². The first-order chi connectivity index (χ1) is 13.0. The molecule has 0 spiro atoms. The zero-order valence-corrected chi connectivity index (χ0v) is 15.7. The fraction of sp³-hybridized carbons (Fsp3) is 0.136. The number of aromatic nitrogens is 1. The van der Waals surface area contributed by atoms with Gasteiger partial charge in [0.05, 0.1) is 17.3 Å². The number of benzene rings is 2. The van der Waals surface area contributed by atoms with Gasteiger partial charge in [0, 0.05) is 41.3 Å². The van der Waals surface area contributed by atoms with Crippen LogP contribution in [0.3, 0.4) is 0 Å². The Labute approximate surface area is 162 Å². The fourth-order valence-electron chi connectivity index (χ4n) is 3.52. The number of fused-ring (bicyclic) bond motifs is 1. The van der Waals surface area contributed by atoms with E-state index in [1.54, 1.807) is 12.3 Å². The minimum atomic E-state index is -0.347. The Hall–Kier alpha value is -2.85.